The first-order valence-corrected chi connectivity index (χ1v) is 6.44. The van der Waals surface area contributed by atoms with Crippen LogP contribution in [0.2, 0.25) is 0 Å². The van der Waals surface area contributed by atoms with Crippen LogP contribution < -0.4 is 0 Å². The van der Waals surface area contributed by atoms with Gasteiger partial charge in [0.05, 0.1) is 5.92 Å². The Hall–Kier alpha value is -1.26. The maximum atomic E-state index is 12.0. The molecule has 1 aliphatic heterocycles. The second-order valence-corrected chi connectivity index (χ2v) is 6.46. The van der Waals surface area contributed by atoms with E-state index < -0.39 is 11.6 Å². The van der Waals surface area contributed by atoms with Gasteiger partial charge < -0.3 is 14.7 Å². The van der Waals surface area contributed by atoms with Gasteiger partial charge in [-0.1, -0.05) is 0 Å². The standard InChI is InChI=1S/C13H21NO4/c1-12(2,3)18-11(17)14-6-4-5-13(8-14)7-9(13)10(15)16/h9H,4-8H2,1-3H3,(H,15,16). The molecule has 1 spiro atoms. The van der Waals surface area contributed by atoms with Crippen molar-refractivity contribution in [1.82, 2.24) is 4.90 Å². The van der Waals surface area contributed by atoms with Crippen LogP contribution in [0.4, 0.5) is 4.79 Å². The molecular formula is C13H21NO4. The summed E-state index contributed by atoms with van der Waals surface area (Å²) in [6.07, 6.45) is 2.14. The molecule has 0 bridgehead atoms. The number of carboxylic acid groups (broad SMARTS) is 1. The molecule has 1 N–H and O–H groups in total. The Balaban J connectivity index is 1.96. The normalized spacial score (nSPS) is 31.3. The van der Waals surface area contributed by atoms with E-state index in [1.165, 1.54) is 0 Å². The summed E-state index contributed by atoms with van der Waals surface area (Å²) in [4.78, 5) is 24.6. The van der Waals surface area contributed by atoms with E-state index in [2.05, 4.69) is 0 Å². The summed E-state index contributed by atoms with van der Waals surface area (Å²) >= 11 is 0. The highest BCUT2D eigenvalue weighted by molar-refractivity contribution is 5.75. The number of rotatable bonds is 1. The van der Waals surface area contributed by atoms with E-state index in [4.69, 9.17) is 9.84 Å². The summed E-state index contributed by atoms with van der Waals surface area (Å²) in [6.45, 7) is 6.70. The van der Waals surface area contributed by atoms with Crippen LogP contribution in [0.25, 0.3) is 0 Å². The van der Waals surface area contributed by atoms with Crippen LogP contribution in [0.15, 0.2) is 0 Å². The Bertz CT molecular complexity index is 374. The van der Waals surface area contributed by atoms with Crippen LogP contribution in [-0.4, -0.2) is 40.8 Å². The van der Waals surface area contributed by atoms with Gasteiger partial charge in [0.25, 0.3) is 0 Å². The summed E-state index contributed by atoms with van der Waals surface area (Å²) < 4.78 is 5.33. The van der Waals surface area contributed by atoms with Crippen molar-refractivity contribution >= 4 is 12.1 Å². The average Bonchev–Trinajstić information content (AvgIpc) is 2.90. The zero-order chi connectivity index (χ0) is 13.6. The first-order valence-electron chi connectivity index (χ1n) is 6.44. The van der Waals surface area contributed by atoms with Crippen LogP contribution in [0.3, 0.4) is 0 Å². The topological polar surface area (TPSA) is 66.8 Å². The molecule has 0 aromatic rings. The molecule has 18 heavy (non-hydrogen) atoms. The zero-order valence-electron chi connectivity index (χ0n) is 11.2. The van der Waals surface area contributed by atoms with Gasteiger partial charge in [0.15, 0.2) is 0 Å². The van der Waals surface area contributed by atoms with Crippen molar-refractivity contribution in [3.8, 4) is 0 Å². The molecule has 5 heteroatoms. The van der Waals surface area contributed by atoms with E-state index in [1.807, 2.05) is 20.8 Å². The van der Waals surface area contributed by atoms with Gasteiger partial charge in [-0.25, -0.2) is 4.79 Å². The van der Waals surface area contributed by atoms with Gasteiger partial charge in [-0.05, 0) is 40.0 Å². The number of carboxylic acids is 1. The molecule has 1 aliphatic carbocycles. The summed E-state index contributed by atoms with van der Waals surface area (Å²) in [5.74, 6) is -1.01. The van der Waals surface area contributed by atoms with Gasteiger partial charge in [0.2, 0.25) is 0 Å². The molecule has 1 amide bonds. The molecule has 1 saturated carbocycles. The van der Waals surface area contributed by atoms with Gasteiger partial charge in [-0.3, -0.25) is 4.79 Å². The van der Waals surface area contributed by atoms with Crippen molar-refractivity contribution in [3.63, 3.8) is 0 Å². The van der Waals surface area contributed by atoms with Crippen LogP contribution in [0.1, 0.15) is 40.0 Å². The monoisotopic (exact) mass is 255 g/mol. The largest absolute Gasteiger partial charge is 0.481 e. The highest BCUT2D eigenvalue weighted by Gasteiger charge is 2.60. The molecule has 2 unspecified atom stereocenters. The Labute approximate surface area is 107 Å². The lowest BCUT2D eigenvalue weighted by Gasteiger charge is -2.34. The third-order valence-corrected chi connectivity index (χ3v) is 3.75. The Morgan fingerprint density at radius 3 is 2.56 bits per heavy atom. The van der Waals surface area contributed by atoms with Crippen LogP contribution in [0.5, 0.6) is 0 Å². The Morgan fingerprint density at radius 2 is 2.06 bits per heavy atom. The molecule has 2 aliphatic rings. The molecule has 1 heterocycles. The smallest absolute Gasteiger partial charge is 0.410 e. The second-order valence-electron chi connectivity index (χ2n) is 6.46. The van der Waals surface area contributed by atoms with E-state index in [9.17, 15) is 9.59 Å². The van der Waals surface area contributed by atoms with Gasteiger partial charge in [-0.15, -0.1) is 0 Å². The van der Waals surface area contributed by atoms with E-state index in [1.54, 1.807) is 4.90 Å². The second kappa shape index (κ2) is 4.14. The minimum Gasteiger partial charge on any atom is -0.481 e. The third kappa shape index (κ3) is 2.60. The fourth-order valence-corrected chi connectivity index (χ4v) is 2.79. The predicted molar refractivity (Wildman–Crippen MR) is 65.2 cm³/mol. The van der Waals surface area contributed by atoms with Crippen molar-refractivity contribution < 1.29 is 19.4 Å². The van der Waals surface area contributed by atoms with E-state index in [0.29, 0.717) is 19.5 Å². The lowest BCUT2D eigenvalue weighted by atomic mass is 9.92. The SMILES string of the molecule is CC(C)(C)OC(=O)N1CCCC2(CC2C(=O)O)C1. The van der Waals surface area contributed by atoms with Gasteiger partial charge in [0, 0.05) is 18.5 Å². The number of likely N-dealkylation sites (tertiary alicyclic amines) is 1. The summed E-state index contributed by atoms with van der Waals surface area (Å²) in [5.41, 5.74) is -0.682. The molecule has 0 radical (unpaired) electrons. The number of piperidine rings is 1. The third-order valence-electron chi connectivity index (χ3n) is 3.75. The minimum atomic E-state index is -0.735. The van der Waals surface area contributed by atoms with Crippen LogP contribution in [-0.2, 0) is 9.53 Å². The number of ether oxygens (including phenoxy) is 1. The van der Waals surface area contributed by atoms with Crippen molar-refractivity contribution in [3.05, 3.63) is 0 Å². The van der Waals surface area contributed by atoms with E-state index in [0.717, 1.165) is 12.8 Å². The van der Waals surface area contributed by atoms with Crippen molar-refractivity contribution in [2.45, 2.75) is 45.6 Å². The number of hydrogen-bond acceptors (Lipinski definition) is 3. The van der Waals surface area contributed by atoms with Crippen LogP contribution >= 0.6 is 0 Å². The quantitative estimate of drug-likeness (QED) is 0.779. The molecule has 5 nitrogen and oxygen atoms in total. The van der Waals surface area contributed by atoms with E-state index in [-0.39, 0.29) is 17.4 Å². The molecular weight excluding hydrogens is 234 g/mol. The van der Waals surface area contributed by atoms with Crippen LogP contribution in [0, 0.1) is 11.3 Å². The van der Waals surface area contributed by atoms with Gasteiger partial charge in [0.1, 0.15) is 5.60 Å². The summed E-state index contributed by atoms with van der Waals surface area (Å²) in [7, 11) is 0. The van der Waals surface area contributed by atoms with E-state index >= 15 is 0 Å². The summed E-state index contributed by atoms with van der Waals surface area (Å²) in [6, 6.07) is 0. The summed E-state index contributed by atoms with van der Waals surface area (Å²) in [5, 5.41) is 9.05. The van der Waals surface area contributed by atoms with Crippen molar-refractivity contribution in [2.75, 3.05) is 13.1 Å². The molecule has 2 rings (SSSR count). The molecule has 2 atom stereocenters. The zero-order valence-corrected chi connectivity index (χ0v) is 11.2. The highest BCUT2D eigenvalue weighted by Crippen LogP contribution is 2.58. The van der Waals surface area contributed by atoms with Crippen molar-refractivity contribution in [1.29, 1.82) is 0 Å². The Morgan fingerprint density at radius 1 is 1.39 bits per heavy atom. The molecule has 102 valence electrons. The molecule has 1 saturated heterocycles. The number of carbonyl (C=O) groups excluding carboxylic acids is 1. The first-order chi connectivity index (χ1) is 8.23. The average molecular weight is 255 g/mol. The lowest BCUT2D eigenvalue weighted by molar-refractivity contribution is -0.139. The fraction of sp³-hybridized carbons (Fsp3) is 0.846. The molecule has 0 aromatic heterocycles. The number of hydrogen-bond donors (Lipinski definition) is 1. The number of carbonyl (C=O) groups is 2. The predicted octanol–water partition coefficient (Wildman–Crippen LogP) is 2.11. The van der Waals surface area contributed by atoms with Gasteiger partial charge >= 0.3 is 12.1 Å². The maximum absolute atomic E-state index is 12.0. The maximum Gasteiger partial charge on any atom is 0.410 e. The lowest BCUT2D eigenvalue weighted by Crippen LogP contribution is -2.44. The Kier molecular flexibility index (Phi) is 3.03. The van der Waals surface area contributed by atoms with Crippen molar-refractivity contribution in [2.24, 2.45) is 11.3 Å². The number of aliphatic carboxylic acids is 1. The number of nitrogens with zero attached hydrogens (tertiary/aromatic N) is 1. The first kappa shape index (κ1) is 13.2. The fourth-order valence-electron chi connectivity index (χ4n) is 2.79. The highest BCUT2D eigenvalue weighted by atomic mass is 16.6. The molecule has 0 aromatic carbocycles. The minimum absolute atomic E-state index is 0.180. The number of amides is 1. The molecule has 2 fully saturated rings. The van der Waals surface area contributed by atoms with Gasteiger partial charge in [-0.2, -0.15) is 0 Å².